The maximum Gasteiger partial charge on any atom is 0.255 e. The Morgan fingerprint density at radius 3 is 2.85 bits per heavy atom. The zero-order chi connectivity index (χ0) is 23.1. The highest BCUT2D eigenvalue weighted by Gasteiger charge is 2.39. The second-order valence-corrected chi connectivity index (χ2v) is 7.98. The van der Waals surface area contributed by atoms with Crippen LogP contribution in [0.2, 0.25) is 0 Å². The van der Waals surface area contributed by atoms with Crippen LogP contribution in [0.1, 0.15) is 28.8 Å². The van der Waals surface area contributed by atoms with Crippen LogP contribution in [0.3, 0.4) is 0 Å². The first-order chi connectivity index (χ1) is 15.9. The van der Waals surface area contributed by atoms with E-state index in [0.29, 0.717) is 22.5 Å². The lowest BCUT2D eigenvalue weighted by Gasteiger charge is -2.29. The summed E-state index contributed by atoms with van der Waals surface area (Å²) in [6, 6.07) is 4.33. The van der Waals surface area contributed by atoms with Gasteiger partial charge < -0.3 is 10.2 Å². The van der Waals surface area contributed by atoms with E-state index in [0.717, 1.165) is 5.56 Å². The molecule has 0 radical (unpaired) electrons. The van der Waals surface area contributed by atoms with Crippen molar-refractivity contribution in [3.8, 4) is 11.3 Å². The second kappa shape index (κ2) is 7.97. The molecule has 1 aromatic carbocycles. The van der Waals surface area contributed by atoms with Gasteiger partial charge in [-0.15, -0.1) is 5.10 Å². The van der Waals surface area contributed by atoms with Crippen LogP contribution in [-0.2, 0) is 34.5 Å². The summed E-state index contributed by atoms with van der Waals surface area (Å²) in [5.41, 5.74) is 2.94. The van der Waals surface area contributed by atoms with Crippen molar-refractivity contribution in [2.45, 2.75) is 32.0 Å². The molecule has 1 saturated heterocycles. The van der Waals surface area contributed by atoms with Crippen molar-refractivity contribution in [1.82, 2.24) is 35.0 Å². The Morgan fingerprint density at radius 1 is 1.24 bits per heavy atom. The van der Waals surface area contributed by atoms with Gasteiger partial charge in [-0.25, -0.2) is 4.68 Å². The average molecular weight is 448 g/mol. The summed E-state index contributed by atoms with van der Waals surface area (Å²) in [6.45, 7) is 0.104. The van der Waals surface area contributed by atoms with E-state index in [4.69, 9.17) is 0 Å². The van der Waals surface area contributed by atoms with E-state index >= 15 is 0 Å². The molecule has 33 heavy (non-hydrogen) atoms. The van der Waals surface area contributed by atoms with Crippen molar-refractivity contribution in [2.24, 2.45) is 7.05 Å². The Morgan fingerprint density at radius 2 is 2.09 bits per heavy atom. The fourth-order valence-electron chi connectivity index (χ4n) is 4.10. The van der Waals surface area contributed by atoms with Gasteiger partial charge in [0.1, 0.15) is 18.3 Å². The van der Waals surface area contributed by atoms with E-state index in [1.54, 1.807) is 48.5 Å². The molecule has 2 aromatic heterocycles. The number of piperidine rings is 1. The number of carbonyl (C=O) groups is 4. The van der Waals surface area contributed by atoms with Gasteiger partial charge in [0.25, 0.3) is 5.91 Å². The molecule has 168 valence electrons. The van der Waals surface area contributed by atoms with Crippen molar-refractivity contribution >= 4 is 29.3 Å². The normalized spacial score (nSPS) is 17.8. The highest BCUT2D eigenvalue weighted by molar-refractivity contribution is 6.06. The Bertz CT molecular complexity index is 1290. The van der Waals surface area contributed by atoms with Crippen LogP contribution in [0.15, 0.2) is 36.8 Å². The first-order valence-electron chi connectivity index (χ1n) is 10.3. The number of fused-ring (bicyclic) bond motifs is 1. The van der Waals surface area contributed by atoms with Gasteiger partial charge in [0.15, 0.2) is 0 Å². The summed E-state index contributed by atoms with van der Waals surface area (Å²) < 4.78 is 3.07. The largest absolute Gasteiger partial charge is 0.324 e. The third-order valence-corrected chi connectivity index (χ3v) is 5.70. The monoisotopic (exact) mass is 448 g/mol. The number of imide groups is 1. The van der Waals surface area contributed by atoms with E-state index < -0.39 is 11.9 Å². The van der Waals surface area contributed by atoms with Crippen molar-refractivity contribution in [3.05, 3.63) is 47.9 Å². The molecule has 0 spiro atoms. The van der Waals surface area contributed by atoms with Gasteiger partial charge in [-0.05, 0) is 18.6 Å². The Hall–Kier alpha value is -4.35. The van der Waals surface area contributed by atoms with Gasteiger partial charge in [0.05, 0.1) is 12.4 Å². The number of nitrogens with one attached hydrogen (secondary N) is 2. The van der Waals surface area contributed by atoms with Crippen molar-refractivity contribution in [3.63, 3.8) is 0 Å². The fourth-order valence-corrected chi connectivity index (χ4v) is 4.10. The average Bonchev–Trinajstić information content (AvgIpc) is 3.48. The summed E-state index contributed by atoms with van der Waals surface area (Å²) in [5, 5.41) is 17.3. The molecule has 1 atom stereocenters. The van der Waals surface area contributed by atoms with Crippen LogP contribution < -0.4 is 10.6 Å². The predicted octanol–water partition coefficient (Wildman–Crippen LogP) is 0.0783. The number of amides is 4. The maximum absolute atomic E-state index is 12.9. The van der Waals surface area contributed by atoms with Crippen LogP contribution in [-0.4, -0.2) is 59.3 Å². The lowest BCUT2D eigenvalue weighted by molar-refractivity contribution is -0.137. The predicted molar refractivity (Wildman–Crippen MR) is 113 cm³/mol. The lowest BCUT2D eigenvalue weighted by Crippen LogP contribution is -2.52. The molecule has 2 aliphatic heterocycles. The molecule has 12 nitrogen and oxygen atoms in total. The Labute approximate surface area is 187 Å². The summed E-state index contributed by atoms with van der Waals surface area (Å²) in [5.74, 6) is -1.45. The molecule has 3 aromatic rings. The van der Waals surface area contributed by atoms with E-state index in [2.05, 4.69) is 26.0 Å². The Kier molecular flexibility index (Phi) is 4.96. The molecule has 2 aliphatic rings. The number of anilines is 1. The molecule has 4 amide bonds. The zero-order valence-corrected chi connectivity index (χ0v) is 17.7. The van der Waals surface area contributed by atoms with E-state index in [1.165, 1.54) is 9.58 Å². The first kappa shape index (κ1) is 20.5. The van der Waals surface area contributed by atoms with Crippen LogP contribution in [0.25, 0.3) is 11.3 Å². The standard InChI is InChI=1S/C21H20N8O4/c1-27-8-12(7-22-27)16-10-28(26-25-16)11-19(31)23-15-4-2-3-13-14(15)9-29(21(13)33)17-5-6-18(30)24-20(17)32/h2-4,7-8,10,17H,5-6,9,11H2,1H3,(H,23,31)(H,24,30,32). The summed E-state index contributed by atoms with van der Waals surface area (Å²) >= 11 is 0. The summed E-state index contributed by atoms with van der Waals surface area (Å²) in [7, 11) is 1.80. The van der Waals surface area contributed by atoms with Gasteiger partial charge in [0, 0.05) is 48.6 Å². The van der Waals surface area contributed by atoms with Crippen LogP contribution in [0, 0.1) is 0 Å². The summed E-state index contributed by atoms with van der Waals surface area (Å²) in [4.78, 5) is 50.7. The molecular formula is C21H20N8O4. The van der Waals surface area contributed by atoms with Gasteiger partial charge in [0.2, 0.25) is 17.7 Å². The topological polar surface area (TPSA) is 144 Å². The number of carbonyl (C=O) groups excluding carboxylic acids is 4. The second-order valence-electron chi connectivity index (χ2n) is 7.98. The van der Waals surface area contributed by atoms with Crippen molar-refractivity contribution < 1.29 is 19.2 Å². The first-order valence-corrected chi connectivity index (χ1v) is 10.3. The third-order valence-electron chi connectivity index (χ3n) is 5.70. The third kappa shape index (κ3) is 3.86. The molecule has 1 unspecified atom stereocenters. The number of aromatic nitrogens is 5. The molecule has 0 bridgehead atoms. The van der Waals surface area contributed by atoms with Crippen molar-refractivity contribution in [2.75, 3.05) is 5.32 Å². The number of benzene rings is 1. The number of hydrogen-bond acceptors (Lipinski definition) is 7. The smallest absolute Gasteiger partial charge is 0.255 e. The highest BCUT2D eigenvalue weighted by Crippen LogP contribution is 2.32. The lowest BCUT2D eigenvalue weighted by atomic mass is 10.0. The molecule has 2 N–H and O–H groups in total. The van der Waals surface area contributed by atoms with Gasteiger partial charge in [-0.2, -0.15) is 5.10 Å². The number of aryl methyl sites for hydroxylation is 1. The molecular weight excluding hydrogens is 428 g/mol. The number of nitrogens with zero attached hydrogens (tertiary/aromatic N) is 6. The number of rotatable bonds is 5. The summed E-state index contributed by atoms with van der Waals surface area (Å²) in [6.07, 6.45) is 5.57. The molecule has 1 fully saturated rings. The molecule has 12 heteroatoms. The molecule has 0 saturated carbocycles. The van der Waals surface area contributed by atoms with E-state index in [9.17, 15) is 19.2 Å². The van der Waals surface area contributed by atoms with E-state index in [-0.39, 0.29) is 43.7 Å². The minimum atomic E-state index is -0.716. The minimum Gasteiger partial charge on any atom is -0.324 e. The van der Waals surface area contributed by atoms with E-state index in [1.807, 2.05) is 0 Å². The quantitative estimate of drug-likeness (QED) is 0.526. The van der Waals surface area contributed by atoms with Crippen LogP contribution >= 0.6 is 0 Å². The highest BCUT2D eigenvalue weighted by atomic mass is 16.2. The fraction of sp³-hybridized carbons (Fsp3) is 0.286. The van der Waals surface area contributed by atoms with Gasteiger partial charge in [-0.3, -0.25) is 29.2 Å². The SMILES string of the molecule is Cn1cc(-c2cn(CC(=O)Nc3cccc4c3CN(C3CCC(=O)NC3=O)C4=O)nn2)cn1. The maximum atomic E-state index is 12.9. The van der Waals surface area contributed by atoms with Crippen LogP contribution in [0.4, 0.5) is 5.69 Å². The molecule has 5 rings (SSSR count). The van der Waals surface area contributed by atoms with Gasteiger partial charge in [-0.1, -0.05) is 11.3 Å². The minimum absolute atomic E-state index is 0.0677. The van der Waals surface area contributed by atoms with Crippen molar-refractivity contribution in [1.29, 1.82) is 0 Å². The molecule has 4 heterocycles. The van der Waals surface area contributed by atoms with Gasteiger partial charge >= 0.3 is 0 Å². The van der Waals surface area contributed by atoms with Crippen LogP contribution in [0.5, 0.6) is 0 Å². The Balaban J connectivity index is 1.29. The zero-order valence-electron chi connectivity index (χ0n) is 17.7. The molecule has 0 aliphatic carbocycles. The number of hydrogen-bond donors (Lipinski definition) is 2.